The summed E-state index contributed by atoms with van der Waals surface area (Å²) >= 11 is 3.43. The van der Waals surface area contributed by atoms with E-state index in [9.17, 15) is 0 Å². The first-order valence-corrected chi connectivity index (χ1v) is 23.2. The molecule has 12 heteroatoms. The molecule has 8 aromatic rings. The third-order valence-corrected chi connectivity index (χ3v) is 13.2. The summed E-state index contributed by atoms with van der Waals surface area (Å²) in [4.78, 5) is 35.1. The van der Waals surface area contributed by atoms with E-state index in [1.54, 1.807) is 36.2 Å². The molecule has 320 valence electrons. The van der Waals surface area contributed by atoms with Gasteiger partial charge in [-0.1, -0.05) is 82.4 Å². The Hall–Kier alpha value is -6.08. The SMILES string of the molecule is CCc1ccc(Sc2ccc(CN(Cc3ccc(Sc4ccc(N)cc4)c(Nc4ncnc5nc(C(C)C)ccc45)c3)C(C)C)cc2Nc2ncnc3nc(C(C)C)ccc23)cc1. The van der Waals surface area contributed by atoms with Gasteiger partial charge in [-0.2, -0.15) is 0 Å². The predicted molar refractivity (Wildman–Crippen MR) is 262 cm³/mol. The van der Waals surface area contributed by atoms with E-state index in [1.165, 1.54) is 21.6 Å². The number of pyridine rings is 2. The molecule has 4 N–H and O–H groups in total. The molecule has 4 heterocycles. The van der Waals surface area contributed by atoms with Crippen molar-refractivity contribution in [2.24, 2.45) is 0 Å². The number of aryl methyl sites for hydroxylation is 1. The monoisotopic (exact) mass is 870 g/mol. The van der Waals surface area contributed by atoms with Crippen LogP contribution in [0.5, 0.6) is 0 Å². The third kappa shape index (κ3) is 10.6. The second-order valence-corrected chi connectivity index (χ2v) is 18.9. The highest BCUT2D eigenvalue weighted by Crippen LogP contribution is 2.39. The zero-order valence-electron chi connectivity index (χ0n) is 36.9. The number of rotatable bonds is 16. The molecule has 0 radical (unpaired) electrons. The van der Waals surface area contributed by atoms with Crippen molar-refractivity contribution in [3.8, 4) is 0 Å². The number of hydrogen-bond acceptors (Lipinski definition) is 12. The number of nitrogens with zero attached hydrogens (tertiary/aromatic N) is 7. The molecule has 0 bridgehead atoms. The minimum Gasteiger partial charge on any atom is -0.399 e. The van der Waals surface area contributed by atoms with Gasteiger partial charge in [0.25, 0.3) is 0 Å². The van der Waals surface area contributed by atoms with Crippen molar-refractivity contribution in [1.29, 1.82) is 0 Å². The zero-order valence-corrected chi connectivity index (χ0v) is 38.6. The highest BCUT2D eigenvalue weighted by atomic mass is 32.2. The Bertz CT molecular complexity index is 2850. The molecule has 0 aliphatic carbocycles. The first kappa shape index (κ1) is 43.6. The van der Waals surface area contributed by atoms with Gasteiger partial charge in [0.05, 0.1) is 22.1 Å². The summed E-state index contributed by atoms with van der Waals surface area (Å²) < 4.78 is 0. The van der Waals surface area contributed by atoms with E-state index in [0.29, 0.717) is 28.9 Å². The fourth-order valence-corrected chi connectivity index (χ4v) is 8.97. The average molecular weight is 871 g/mol. The maximum Gasteiger partial charge on any atom is 0.164 e. The third-order valence-electron chi connectivity index (χ3n) is 11.0. The Morgan fingerprint density at radius 2 is 0.984 bits per heavy atom. The zero-order chi connectivity index (χ0) is 44.0. The van der Waals surface area contributed by atoms with Gasteiger partial charge in [0, 0.05) is 55.8 Å². The number of benzene rings is 4. The molecule has 8 rings (SSSR count). The highest BCUT2D eigenvalue weighted by Gasteiger charge is 2.18. The number of hydrogen-bond donors (Lipinski definition) is 3. The summed E-state index contributed by atoms with van der Waals surface area (Å²) in [5.41, 5.74) is 15.8. The van der Waals surface area contributed by atoms with Crippen LogP contribution in [0.3, 0.4) is 0 Å². The van der Waals surface area contributed by atoms with Gasteiger partial charge in [0.1, 0.15) is 24.3 Å². The number of anilines is 5. The Morgan fingerprint density at radius 3 is 1.41 bits per heavy atom. The molecule has 0 aliphatic heterocycles. The highest BCUT2D eigenvalue weighted by molar-refractivity contribution is 7.99. The number of nitrogen functional groups attached to an aromatic ring is 1. The first-order valence-electron chi connectivity index (χ1n) is 21.6. The summed E-state index contributed by atoms with van der Waals surface area (Å²) in [7, 11) is 0. The number of nitrogens with two attached hydrogens (primary N) is 1. The van der Waals surface area contributed by atoms with Gasteiger partial charge in [0.2, 0.25) is 0 Å². The normalized spacial score (nSPS) is 11.7. The lowest BCUT2D eigenvalue weighted by atomic mass is 10.1. The molecule has 0 aliphatic rings. The van der Waals surface area contributed by atoms with Crippen LogP contribution in [0.1, 0.15) is 88.4 Å². The van der Waals surface area contributed by atoms with E-state index >= 15 is 0 Å². The van der Waals surface area contributed by atoms with Crippen LogP contribution < -0.4 is 16.4 Å². The molecule has 0 spiro atoms. The van der Waals surface area contributed by atoms with Crippen LogP contribution in [0, 0.1) is 0 Å². The minimum atomic E-state index is 0.256. The largest absolute Gasteiger partial charge is 0.399 e. The van der Waals surface area contributed by atoms with E-state index in [0.717, 1.165) is 79.2 Å². The molecule has 0 atom stereocenters. The lowest BCUT2D eigenvalue weighted by molar-refractivity contribution is 0.203. The number of fused-ring (bicyclic) bond motifs is 2. The van der Waals surface area contributed by atoms with Gasteiger partial charge in [-0.25, -0.2) is 29.9 Å². The van der Waals surface area contributed by atoms with Crippen LogP contribution in [0.25, 0.3) is 22.1 Å². The van der Waals surface area contributed by atoms with Gasteiger partial charge >= 0.3 is 0 Å². The maximum atomic E-state index is 6.04. The molecule has 63 heavy (non-hydrogen) atoms. The Labute approximate surface area is 379 Å². The lowest BCUT2D eigenvalue weighted by Crippen LogP contribution is -2.29. The first-order chi connectivity index (χ1) is 30.5. The second kappa shape index (κ2) is 19.5. The molecule has 10 nitrogen and oxygen atoms in total. The van der Waals surface area contributed by atoms with E-state index in [2.05, 4.69) is 171 Å². The summed E-state index contributed by atoms with van der Waals surface area (Å²) in [6, 6.07) is 38.7. The van der Waals surface area contributed by atoms with Crippen molar-refractivity contribution >= 4 is 74.3 Å². The van der Waals surface area contributed by atoms with Crippen LogP contribution >= 0.6 is 23.5 Å². The molecular formula is C51H54N10S2. The molecule has 0 saturated heterocycles. The van der Waals surface area contributed by atoms with E-state index in [4.69, 9.17) is 25.7 Å². The smallest absolute Gasteiger partial charge is 0.164 e. The van der Waals surface area contributed by atoms with Crippen LogP contribution in [-0.4, -0.2) is 40.8 Å². The molecule has 0 unspecified atom stereocenters. The van der Waals surface area contributed by atoms with Crippen LogP contribution in [0.2, 0.25) is 0 Å². The number of aromatic nitrogens is 6. The van der Waals surface area contributed by atoms with E-state index in [-0.39, 0.29) is 6.04 Å². The predicted octanol–water partition coefficient (Wildman–Crippen LogP) is 13.0. The van der Waals surface area contributed by atoms with Gasteiger partial charge in [0.15, 0.2) is 11.3 Å². The molecule has 4 aromatic heterocycles. The number of nitrogens with one attached hydrogen (secondary N) is 2. The van der Waals surface area contributed by atoms with Crippen LogP contribution in [0.4, 0.5) is 28.7 Å². The second-order valence-electron chi connectivity index (χ2n) is 16.6. The molecule has 4 aromatic carbocycles. The lowest BCUT2D eigenvalue weighted by Gasteiger charge is -2.28. The molecule has 0 fully saturated rings. The summed E-state index contributed by atoms with van der Waals surface area (Å²) in [5, 5.41) is 9.16. The fourth-order valence-electron chi connectivity index (χ4n) is 7.21. The van der Waals surface area contributed by atoms with Crippen LogP contribution in [0.15, 0.2) is 141 Å². The van der Waals surface area contributed by atoms with Crippen molar-refractivity contribution in [1.82, 2.24) is 34.8 Å². The molecule has 0 amide bonds. The maximum absolute atomic E-state index is 6.04. The Balaban J connectivity index is 1.11. The molecule has 0 saturated carbocycles. The Kier molecular flexibility index (Phi) is 13.5. The fraction of sp³-hybridized carbons (Fsp3) is 0.255. The van der Waals surface area contributed by atoms with E-state index in [1.807, 2.05) is 12.1 Å². The molecular weight excluding hydrogens is 817 g/mol. The van der Waals surface area contributed by atoms with Gasteiger partial charge in [-0.3, -0.25) is 4.90 Å². The minimum absolute atomic E-state index is 0.256. The van der Waals surface area contributed by atoms with Crippen molar-refractivity contribution in [3.05, 3.63) is 150 Å². The standard InChI is InChI=1S/C51H54N10S2/c1-8-34-9-15-38(16-10-34)62-46-23-11-35(25-44(46)59-50-40-19-21-42(31(2)3)57-48(40)53-29-55-50)27-61(33(6)7)28-36-12-24-47(63-39-17-13-37(52)14-18-39)45(26-36)60-51-41-20-22-43(32(4)5)58-49(41)54-30-56-51/h9-26,29-33H,8,27-28,52H2,1-7H3,(H,53,55,57,59)(H,54,56,58,60). The van der Waals surface area contributed by atoms with Crippen molar-refractivity contribution in [2.75, 3.05) is 16.4 Å². The van der Waals surface area contributed by atoms with Crippen molar-refractivity contribution in [2.45, 2.75) is 105 Å². The summed E-state index contributed by atoms with van der Waals surface area (Å²) in [6.45, 7) is 16.7. The van der Waals surface area contributed by atoms with Crippen LogP contribution in [-0.2, 0) is 19.5 Å². The van der Waals surface area contributed by atoms with Gasteiger partial charge in [-0.05, 0) is 134 Å². The average Bonchev–Trinajstić information content (AvgIpc) is 3.28. The van der Waals surface area contributed by atoms with Gasteiger partial charge in [-0.15, -0.1) is 0 Å². The topological polar surface area (TPSA) is 131 Å². The van der Waals surface area contributed by atoms with E-state index < -0.39 is 0 Å². The summed E-state index contributed by atoms with van der Waals surface area (Å²) in [6.07, 6.45) is 4.19. The van der Waals surface area contributed by atoms with Gasteiger partial charge < -0.3 is 16.4 Å². The van der Waals surface area contributed by atoms with Crippen molar-refractivity contribution in [3.63, 3.8) is 0 Å². The Morgan fingerprint density at radius 1 is 0.540 bits per heavy atom. The van der Waals surface area contributed by atoms with Crippen molar-refractivity contribution < 1.29 is 0 Å². The summed E-state index contributed by atoms with van der Waals surface area (Å²) in [5.74, 6) is 2.04. The quantitative estimate of drug-likeness (QED) is 0.0799.